The van der Waals surface area contributed by atoms with Gasteiger partial charge in [0.25, 0.3) is 10.0 Å². The van der Waals surface area contributed by atoms with Crippen molar-refractivity contribution in [3.63, 3.8) is 0 Å². The Morgan fingerprint density at radius 2 is 2.00 bits per heavy atom. The van der Waals surface area contributed by atoms with E-state index in [9.17, 15) is 13.2 Å². The third-order valence-corrected chi connectivity index (χ3v) is 7.00. The first-order valence-electron chi connectivity index (χ1n) is 8.87. The fourth-order valence-corrected chi connectivity index (χ4v) is 4.88. The number of benzene rings is 1. The number of hydrogen-bond acceptors (Lipinski definition) is 5. The lowest BCUT2D eigenvalue weighted by molar-refractivity contribution is -0.120. The van der Waals surface area contributed by atoms with E-state index in [1.807, 2.05) is 0 Å². The number of methoxy groups -OCH3 is 1. The molecule has 0 atom stereocenters. The van der Waals surface area contributed by atoms with Crippen molar-refractivity contribution in [1.82, 2.24) is 13.9 Å². The fourth-order valence-electron chi connectivity index (χ4n) is 3.13. The van der Waals surface area contributed by atoms with Crippen LogP contribution in [-0.4, -0.2) is 48.4 Å². The van der Waals surface area contributed by atoms with Crippen LogP contribution in [0.2, 0.25) is 5.02 Å². The maximum absolute atomic E-state index is 12.7. The van der Waals surface area contributed by atoms with Gasteiger partial charge < -0.3 is 14.6 Å². The van der Waals surface area contributed by atoms with Gasteiger partial charge in [-0.05, 0) is 38.0 Å². The minimum atomic E-state index is -3.65. The standard InChI is InChI=1S/C18H23ClN4O4S/c1-12-20-17(11-22(12)2)28(25,26)23-8-6-13(7-9-23)18(24)21-14-4-5-16(27-3)15(19)10-14/h4-5,10-11,13H,6-9H2,1-3H3,(H,21,24). The number of hydrogen-bond donors (Lipinski definition) is 1. The summed E-state index contributed by atoms with van der Waals surface area (Å²) < 4.78 is 33.6. The third-order valence-electron chi connectivity index (χ3n) is 4.93. The molecular weight excluding hydrogens is 404 g/mol. The van der Waals surface area contributed by atoms with Crippen molar-refractivity contribution in [1.29, 1.82) is 0 Å². The normalized spacial score (nSPS) is 16.1. The van der Waals surface area contributed by atoms with Gasteiger partial charge in [0.1, 0.15) is 11.6 Å². The molecular formula is C18H23ClN4O4S. The van der Waals surface area contributed by atoms with Crippen LogP contribution in [0.5, 0.6) is 5.75 Å². The van der Waals surface area contributed by atoms with E-state index in [-0.39, 0.29) is 29.9 Å². The predicted octanol–water partition coefficient (Wildman–Crippen LogP) is 2.43. The van der Waals surface area contributed by atoms with Crippen LogP contribution in [-0.2, 0) is 21.9 Å². The molecule has 1 N–H and O–H groups in total. The first-order valence-corrected chi connectivity index (χ1v) is 10.7. The Hall–Kier alpha value is -2.10. The number of amides is 1. The van der Waals surface area contributed by atoms with Gasteiger partial charge in [0, 0.05) is 37.9 Å². The van der Waals surface area contributed by atoms with Crippen LogP contribution in [0.1, 0.15) is 18.7 Å². The molecule has 0 spiro atoms. The molecule has 2 aromatic rings. The number of aromatic nitrogens is 2. The minimum Gasteiger partial charge on any atom is -0.495 e. The third kappa shape index (κ3) is 4.16. The molecule has 0 radical (unpaired) electrons. The van der Waals surface area contributed by atoms with Crippen LogP contribution in [0.4, 0.5) is 5.69 Å². The van der Waals surface area contributed by atoms with E-state index in [4.69, 9.17) is 16.3 Å². The van der Waals surface area contributed by atoms with Gasteiger partial charge in [-0.3, -0.25) is 4.79 Å². The summed E-state index contributed by atoms with van der Waals surface area (Å²) in [5.74, 6) is 0.749. The maximum atomic E-state index is 12.7. The Kier molecular flexibility index (Phi) is 5.97. The topological polar surface area (TPSA) is 93.5 Å². The molecule has 152 valence electrons. The van der Waals surface area contributed by atoms with E-state index in [0.717, 1.165) is 0 Å². The Morgan fingerprint density at radius 1 is 1.32 bits per heavy atom. The number of imidazole rings is 1. The number of sulfonamides is 1. The number of carbonyl (C=O) groups excluding carboxylic acids is 1. The van der Waals surface area contributed by atoms with Gasteiger partial charge in [0.15, 0.2) is 5.03 Å². The summed E-state index contributed by atoms with van der Waals surface area (Å²) >= 11 is 6.08. The van der Waals surface area contributed by atoms with Crippen LogP contribution in [0.3, 0.4) is 0 Å². The summed E-state index contributed by atoms with van der Waals surface area (Å²) in [6, 6.07) is 5.02. The van der Waals surface area contributed by atoms with Gasteiger partial charge in [-0.25, -0.2) is 13.4 Å². The largest absolute Gasteiger partial charge is 0.495 e. The molecule has 8 nitrogen and oxygen atoms in total. The van der Waals surface area contributed by atoms with Crippen molar-refractivity contribution in [3.05, 3.63) is 35.2 Å². The zero-order valence-corrected chi connectivity index (χ0v) is 17.5. The molecule has 0 aliphatic carbocycles. The summed E-state index contributed by atoms with van der Waals surface area (Å²) in [5.41, 5.74) is 0.579. The van der Waals surface area contributed by atoms with E-state index in [1.165, 1.54) is 17.6 Å². The number of aryl methyl sites for hydroxylation is 2. The van der Waals surface area contributed by atoms with Crippen LogP contribution in [0.15, 0.2) is 29.4 Å². The molecule has 1 aliphatic rings. The van der Waals surface area contributed by atoms with Crippen molar-refractivity contribution in [2.75, 3.05) is 25.5 Å². The number of nitrogens with zero attached hydrogens (tertiary/aromatic N) is 3. The lowest BCUT2D eigenvalue weighted by Gasteiger charge is -2.30. The average molecular weight is 427 g/mol. The molecule has 1 aromatic heterocycles. The van der Waals surface area contributed by atoms with Gasteiger partial charge in [-0.15, -0.1) is 0 Å². The highest BCUT2D eigenvalue weighted by Crippen LogP contribution is 2.29. The van der Waals surface area contributed by atoms with Crippen molar-refractivity contribution < 1.29 is 17.9 Å². The number of piperidine rings is 1. The lowest BCUT2D eigenvalue weighted by atomic mass is 9.97. The number of halogens is 1. The highest BCUT2D eigenvalue weighted by atomic mass is 35.5. The van der Waals surface area contributed by atoms with E-state index in [1.54, 1.807) is 36.7 Å². The lowest BCUT2D eigenvalue weighted by Crippen LogP contribution is -2.41. The Bertz CT molecular complexity index is 962. The molecule has 1 aromatic carbocycles. The summed E-state index contributed by atoms with van der Waals surface area (Å²) in [5, 5.41) is 3.29. The number of ether oxygens (including phenoxy) is 1. The summed E-state index contributed by atoms with van der Waals surface area (Å²) in [7, 11) is -0.372. The Morgan fingerprint density at radius 3 is 2.54 bits per heavy atom. The van der Waals surface area contributed by atoms with Gasteiger partial charge in [0.2, 0.25) is 5.91 Å². The van der Waals surface area contributed by atoms with Gasteiger partial charge >= 0.3 is 0 Å². The van der Waals surface area contributed by atoms with Gasteiger partial charge in [-0.2, -0.15) is 4.31 Å². The van der Waals surface area contributed by atoms with Gasteiger partial charge in [-0.1, -0.05) is 11.6 Å². The quantitative estimate of drug-likeness (QED) is 0.792. The van der Waals surface area contributed by atoms with Gasteiger partial charge in [0.05, 0.1) is 12.1 Å². The number of nitrogens with one attached hydrogen (secondary N) is 1. The number of rotatable bonds is 5. The van der Waals surface area contributed by atoms with Crippen LogP contribution in [0.25, 0.3) is 0 Å². The molecule has 1 saturated heterocycles. The van der Waals surface area contributed by atoms with E-state index >= 15 is 0 Å². The molecule has 0 saturated carbocycles. The number of anilines is 1. The monoisotopic (exact) mass is 426 g/mol. The van der Waals surface area contributed by atoms with Crippen molar-refractivity contribution in [2.24, 2.45) is 13.0 Å². The molecule has 2 heterocycles. The molecule has 28 heavy (non-hydrogen) atoms. The molecule has 3 rings (SSSR count). The second-order valence-corrected chi connectivity index (χ2v) is 9.05. The summed E-state index contributed by atoms with van der Waals surface area (Å²) in [6.45, 7) is 2.31. The molecule has 0 unspecified atom stereocenters. The molecule has 1 amide bonds. The van der Waals surface area contributed by atoms with E-state index < -0.39 is 10.0 Å². The minimum absolute atomic E-state index is 0.0447. The summed E-state index contributed by atoms with van der Waals surface area (Å²) in [6.07, 6.45) is 2.40. The average Bonchev–Trinajstić information content (AvgIpc) is 3.01. The van der Waals surface area contributed by atoms with Crippen LogP contribution < -0.4 is 10.1 Å². The Labute approximate surface area is 169 Å². The molecule has 10 heteroatoms. The number of carbonyl (C=O) groups is 1. The van der Waals surface area contributed by atoms with Crippen molar-refractivity contribution >= 4 is 33.2 Å². The van der Waals surface area contributed by atoms with Crippen molar-refractivity contribution in [2.45, 2.75) is 24.8 Å². The smallest absolute Gasteiger partial charge is 0.262 e. The zero-order valence-electron chi connectivity index (χ0n) is 16.0. The van der Waals surface area contributed by atoms with Crippen LogP contribution in [0, 0.1) is 12.8 Å². The zero-order chi connectivity index (χ0) is 20.5. The van der Waals surface area contributed by atoms with E-state index in [2.05, 4.69) is 10.3 Å². The highest BCUT2D eigenvalue weighted by Gasteiger charge is 2.33. The fraction of sp³-hybridized carbons (Fsp3) is 0.444. The van der Waals surface area contributed by atoms with E-state index in [0.29, 0.717) is 35.1 Å². The molecule has 1 fully saturated rings. The second-order valence-electron chi connectivity index (χ2n) is 6.75. The first kappa shape index (κ1) is 20.6. The SMILES string of the molecule is COc1ccc(NC(=O)C2CCN(S(=O)(=O)c3cn(C)c(C)n3)CC2)cc1Cl. The second kappa shape index (κ2) is 8.10. The predicted molar refractivity (Wildman–Crippen MR) is 106 cm³/mol. The summed E-state index contributed by atoms with van der Waals surface area (Å²) in [4.78, 5) is 16.7. The Balaban J connectivity index is 1.61. The van der Waals surface area contributed by atoms with Crippen LogP contribution >= 0.6 is 11.6 Å². The van der Waals surface area contributed by atoms with Crippen molar-refractivity contribution in [3.8, 4) is 5.75 Å². The molecule has 0 bridgehead atoms. The molecule has 1 aliphatic heterocycles. The maximum Gasteiger partial charge on any atom is 0.262 e. The highest BCUT2D eigenvalue weighted by molar-refractivity contribution is 7.89. The first-order chi connectivity index (χ1) is 13.2.